The summed E-state index contributed by atoms with van der Waals surface area (Å²) in [6.07, 6.45) is -3.40. The fourth-order valence-corrected chi connectivity index (χ4v) is 1.73. The summed E-state index contributed by atoms with van der Waals surface area (Å²) in [5.74, 6) is -0.118. The largest absolute Gasteiger partial charge is 0.462 e. The minimum Gasteiger partial charge on any atom is -0.462 e. The molecule has 1 rings (SSSR count). The number of hydrogen-bond donors (Lipinski definition) is 3. The van der Waals surface area contributed by atoms with Gasteiger partial charge < -0.3 is 20.3 Å². The molecule has 1 aromatic rings. The molecule has 0 aliphatic rings. The topological polar surface area (TPSA) is 78.8 Å². The van der Waals surface area contributed by atoms with Crippen LogP contribution in [0.5, 0.6) is 5.75 Å². The summed E-state index contributed by atoms with van der Waals surface area (Å²) >= 11 is 0. The summed E-state index contributed by atoms with van der Waals surface area (Å²) < 4.78 is 30.8. The maximum atomic E-state index is 13.0. The van der Waals surface area contributed by atoms with Crippen molar-refractivity contribution in [2.24, 2.45) is 5.92 Å². The van der Waals surface area contributed by atoms with Gasteiger partial charge in [0.25, 0.3) is 6.43 Å². The molecule has 1 unspecified atom stereocenters. The van der Waals surface area contributed by atoms with Gasteiger partial charge in [-0.25, -0.2) is 8.78 Å². The standard InChI is InChI=1S/C15H21F2NO4/c1-9(2)3-6-13(20)18-10-4-5-12(22-14(21)8-19)11(7-10)15(16)17/h4-5,7,9,14-15,19,21H,3,6,8H2,1-2H3,(H,18,20). The zero-order valence-electron chi connectivity index (χ0n) is 12.6. The van der Waals surface area contributed by atoms with Crippen molar-refractivity contribution in [3.63, 3.8) is 0 Å². The first-order chi connectivity index (χ1) is 10.3. The van der Waals surface area contributed by atoms with E-state index < -0.39 is 24.9 Å². The van der Waals surface area contributed by atoms with Gasteiger partial charge in [0.05, 0.1) is 5.56 Å². The zero-order valence-corrected chi connectivity index (χ0v) is 12.6. The first-order valence-corrected chi connectivity index (χ1v) is 7.01. The van der Waals surface area contributed by atoms with Crippen LogP contribution in [0.3, 0.4) is 0 Å². The lowest BCUT2D eigenvalue weighted by Gasteiger charge is -2.16. The first-order valence-electron chi connectivity index (χ1n) is 7.01. The summed E-state index contributed by atoms with van der Waals surface area (Å²) in [6, 6.07) is 3.72. The third-order valence-electron chi connectivity index (χ3n) is 2.90. The van der Waals surface area contributed by atoms with Crippen LogP contribution < -0.4 is 10.1 Å². The van der Waals surface area contributed by atoms with Crippen molar-refractivity contribution in [2.45, 2.75) is 39.4 Å². The number of carbonyl (C=O) groups excluding carboxylic acids is 1. The molecule has 124 valence electrons. The second-order valence-corrected chi connectivity index (χ2v) is 5.29. The maximum absolute atomic E-state index is 13.0. The van der Waals surface area contributed by atoms with E-state index >= 15 is 0 Å². The first kappa shape index (κ1) is 18.3. The van der Waals surface area contributed by atoms with Gasteiger partial charge in [-0.05, 0) is 30.5 Å². The lowest BCUT2D eigenvalue weighted by atomic mass is 10.1. The predicted molar refractivity (Wildman–Crippen MR) is 77.8 cm³/mol. The average molecular weight is 317 g/mol. The third kappa shape index (κ3) is 5.95. The zero-order chi connectivity index (χ0) is 16.7. The van der Waals surface area contributed by atoms with Crippen LogP contribution in [0, 0.1) is 5.92 Å². The molecule has 1 aromatic carbocycles. The number of ether oxygens (including phenoxy) is 1. The van der Waals surface area contributed by atoms with E-state index in [2.05, 4.69) is 5.32 Å². The van der Waals surface area contributed by atoms with Crippen LogP contribution in [0.1, 0.15) is 38.7 Å². The Labute approximate surface area is 127 Å². The Kier molecular flexibility index (Phi) is 7.20. The highest BCUT2D eigenvalue weighted by atomic mass is 19.3. The van der Waals surface area contributed by atoms with E-state index in [4.69, 9.17) is 14.9 Å². The SMILES string of the molecule is CC(C)CCC(=O)Nc1ccc(OC(O)CO)c(C(F)F)c1. The van der Waals surface area contributed by atoms with Crippen molar-refractivity contribution < 1.29 is 28.5 Å². The quantitative estimate of drug-likeness (QED) is 0.644. The van der Waals surface area contributed by atoms with E-state index in [1.165, 1.54) is 12.1 Å². The van der Waals surface area contributed by atoms with Gasteiger partial charge in [0.1, 0.15) is 12.4 Å². The highest BCUT2D eigenvalue weighted by Crippen LogP contribution is 2.32. The Balaban J connectivity index is 2.81. The van der Waals surface area contributed by atoms with Crippen LogP contribution in [0.2, 0.25) is 0 Å². The number of hydrogen-bond acceptors (Lipinski definition) is 4. The van der Waals surface area contributed by atoms with E-state index in [1.54, 1.807) is 0 Å². The highest BCUT2D eigenvalue weighted by molar-refractivity contribution is 5.90. The van der Waals surface area contributed by atoms with Crippen LogP contribution in [0.4, 0.5) is 14.5 Å². The molecule has 7 heteroatoms. The molecule has 22 heavy (non-hydrogen) atoms. The summed E-state index contributed by atoms with van der Waals surface area (Å²) in [4.78, 5) is 11.7. The molecule has 0 aliphatic heterocycles. The maximum Gasteiger partial charge on any atom is 0.267 e. The normalized spacial score (nSPS) is 12.5. The number of rotatable bonds is 8. The summed E-state index contributed by atoms with van der Waals surface area (Å²) in [5.41, 5.74) is -0.232. The molecule has 1 atom stereocenters. The molecule has 0 radical (unpaired) electrons. The van der Waals surface area contributed by atoms with E-state index in [0.717, 1.165) is 6.07 Å². The molecule has 0 bridgehead atoms. The summed E-state index contributed by atoms with van der Waals surface area (Å²) in [5, 5.41) is 20.4. The van der Waals surface area contributed by atoms with Gasteiger partial charge in [-0.1, -0.05) is 13.8 Å². The Bertz CT molecular complexity index is 494. The van der Waals surface area contributed by atoms with Gasteiger partial charge in [0.2, 0.25) is 12.2 Å². The number of aliphatic hydroxyl groups is 2. The molecule has 5 nitrogen and oxygen atoms in total. The second kappa shape index (κ2) is 8.65. The Morgan fingerprint density at radius 2 is 2.05 bits per heavy atom. The molecule has 0 saturated heterocycles. The average Bonchev–Trinajstić information content (AvgIpc) is 2.46. The lowest BCUT2D eigenvalue weighted by molar-refractivity contribution is -0.116. The monoisotopic (exact) mass is 317 g/mol. The van der Waals surface area contributed by atoms with E-state index in [-0.39, 0.29) is 17.3 Å². The van der Waals surface area contributed by atoms with Gasteiger partial charge in [-0.3, -0.25) is 4.79 Å². The Hall–Kier alpha value is -1.73. The molecule has 0 fully saturated rings. The van der Waals surface area contributed by atoms with E-state index in [0.29, 0.717) is 18.8 Å². The summed E-state index contributed by atoms with van der Waals surface area (Å²) in [6.45, 7) is 3.26. The number of anilines is 1. The molecule has 3 N–H and O–H groups in total. The van der Waals surface area contributed by atoms with Gasteiger partial charge in [-0.2, -0.15) is 0 Å². The van der Waals surface area contributed by atoms with Crippen LogP contribution in [0.25, 0.3) is 0 Å². The predicted octanol–water partition coefficient (Wildman–Crippen LogP) is 2.69. The number of benzene rings is 1. The molecule has 1 amide bonds. The van der Waals surface area contributed by atoms with Crippen molar-refractivity contribution in [3.8, 4) is 5.75 Å². The summed E-state index contributed by atoms with van der Waals surface area (Å²) in [7, 11) is 0. The number of halogens is 2. The Morgan fingerprint density at radius 1 is 1.36 bits per heavy atom. The van der Waals surface area contributed by atoms with Crippen molar-refractivity contribution in [3.05, 3.63) is 23.8 Å². The Morgan fingerprint density at radius 3 is 2.59 bits per heavy atom. The van der Waals surface area contributed by atoms with E-state index in [9.17, 15) is 13.6 Å². The van der Waals surface area contributed by atoms with Gasteiger partial charge in [0.15, 0.2) is 0 Å². The molecule has 0 aliphatic carbocycles. The number of amides is 1. The molecular formula is C15H21F2NO4. The smallest absolute Gasteiger partial charge is 0.267 e. The van der Waals surface area contributed by atoms with Crippen molar-refractivity contribution in [1.82, 2.24) is 0 Å². The molecule has 0 heterocycles. The number of alkyl halides is 2. The third-order valence-corrected chi connectivity index (χ3v) is 2.90. The fraction of sp³-hybridized carbons (Fsp3) is 0.533. The lowest BCUT2D eigenvalue weighted by Crippen LogP contribution is -2.20. The number of aliphatic hydroxyl groups excluding tert-OH is 2. The number of carbonyl (C=O) groups is 1. The van der Waals surface area contributed by atoms with Crippen LogP contribution in [0.15, 0.2) is 18.2 Å². The molecule has 0 aromatic heterocycles. The minimum absolute atomic E-state index is 0.231. The molecule has 0 saturated carbocycles. The van der Waals surface area contributed by atoms with Crippen LogP contribution in [-0.2, 0) is 4.79 Å². The molecular weight excluding hydrogens is 296 g/mol. The van der Waals surface area contributed by atoms with Crippen LogP contribution >= 0.6 is 0 Å². The van der Waals surface area contributed by atoms with Crippen LogP contribution in [-0.4, -0.2) is 29.0 Å². The minimum atomic E-state index is -2.84. The van der Waals surface area contributed by atoms with Gasteiger partial charge >= 0.3 is 0 Å². The van der Waals surface area contributed by atoms with Crippen molar-refractivity contribution in [2.75, 3.05) is 11.9 Å². The second-order valence-electron chi connectivity index (χ2n) is 5.29. The fourth-order valence-electron chi connectivity index (χ4n) is 1.73. The van der Waals surface area contributed by atoms with E-state index in [1.807, 2.05) is 13.8 Å². The van der Waals surface area contributed by atoms with Crippen molar-refractivity contribution >= 4 is 11.6 Å². The van der Waals surface area contributed by atoms with Crippen molar-refractivity contribution in [1.29, 1.82) is 0 Å². The highest BCUT2D eigenvalue weighted by Gasteiger charge is 2.18. The number of nitrogens with one attached hydrogen (secondary N) is 1. The van der Waals surface area contributed by atoms with Gasteiger partial charge in [-0.15, -0.1) is 0 Å². The molecule has 0 spiro atoms. The van der Waals surface area contributed by atoms with Gasteiger partial charge in [0, 0.05) is 12.1 Å².